The molecule has 2 fully saturated rings. The fourth-order valence-electron chi connectivity index (χ4n) is 4.45. The highest BCUT2D eigenvalue weighted by Gasteiger charge is 2.35. The van der Waals surface area contributed by atoms with Gasteiger partial charge < -0.3 is 15.0 Å². The largest absolute Gasteiger partial charge is 0.379 e. The van der Waals surface area contributed by atoms with Crippen LogP contribution in [0, 0.1) is 5.92 Å². The van der Waals surface area contributed by atoms with Gasteiger partial charge >= 0.3 is 0 Å². The Balaban J connectivity index is 0.00000320. The summed E-state index contributed by atoms with van der Waals surface area (Å²) in [6, 6.07) is 15.8. The highest BCUT2D eigenvalue weighted by atomic mass is 35.5. The first-order chi connectivity index (χ1) is 17.5. The normalized spacial score (nSPS) is 18.0. The number of carbonyl (C=O) groups excluding carboxylic acids is 2. The molecule has 0 saturated carbocycles. The number of carbonyl (C=O) groups is 2. The maximum atomic E-state index is 12.9. The smallest absolute Gasteiger partial charge is 0.231 e. The zero-order valence-electron chi connectivity index (χ0n) is 19.9. The SMILES string of the molecule is C.O=C(Nc1nnc(CCc2ccc(Cl)cc2)s1)[C@H]1CC(=O)N(c2ccc(CN3CCOCC3)cc2)C1. The fourth-order valence-corrected chi connectivity index (χ4v) is 5.31. The number of halogens is 1. The molecular formula is C27H32ClN5O3S. The Bertz CT molecular complexity index is 1200. The summed E-state index contributed by atoms with van der Waals surface area (Å²) in [5.74, 6) is -0.667. The molecule has 37 heavy (non-hydrogen) atoms. The molecule has 196 valence electrons. The molecule has 3 heterocycles. The van der Waals surface area contributed by atoms with Crippen molar-refractivity contribution in [2.75, 3.05) is 43.1 Å². The van der Waals surface area contributed by atoms with Gasteiger partial charge in [0.25, 0.3) is 0 Å². The highest BCUT2D eigenvalue weighted by molar-refractivity contribution is 7.15. The quantitative estimate of drug-likeness (QED) is 0.454. The van der Waals surface area contributed by atoms with E-state index in [1.54, 1.807) is 4.90 Å². The molecule has 2 aliphatic heterocycles. The Labute approximate surface area is 226 Å². The second-order valence-electron chi connectivity index (χ2n) is 9.08. The monoisotopic (exact) mass is 541 g/mol. The summed E-state index contributed by atoms with van der Waals surface area (Å²) in [4.78, 5) is 29.6. The molecule has 0 bridgehead atoms. The fraction of sp³-hybridized carbons (Fsp3) is 0.407. The summed E-state index contributed by atoms with van der Waals surface area (Å²) in [6.45, 7) is 4.63. The Morgan fingerprint density at radius 2 is 1.73 bits per heavy atom. The number of benzene rings is 2. The minimum atomic E-state index is -0.424. The average molecular weight is 542 g/mol. The van der Waals surface area contributed by atoms with E-state index in [-0.39, 0.29) is 25.7 Å². The topological polar surface area (TPSA) is 87.7 Å². The molecule has 5 rings (SSSR count). The van der Waals surface area contributed by atoms with Crippen molar-refractivity contribution in [3.05, 3.63) is 69.7 Å². The first kappa shape index (κ1) is 27.2. The van der Waals surface area contributed by atoms with E-state index >= 15 is 0 Å². The summed E-state index contributed by atoms with van der Waals surface area (Å²) in [6.07, 6.45) is 1.73. The first-order valence-corrected chi connectivity index (χ1v) is 13.3. The van der Waals surface area contributed by atoms with Crippen molar-refractivity contribution < 1.29 is 14.3 Å². The Hall–Kier alpha value is -2.85. The lowest BCUT2D eigenvalue weighted by atomic mass is 10.1. The molecule has 2 aliphatic rings. The molecule has 1 N–H and O–H groups in total. The van der Waals surface area contributed by atoms with Gasteiger partial charge in [-0.15, -0.1) is 10.2 Å². The summed E-state index contributed by atoms with van der Waals surface area (Å²) < 4.78 is 5.41. The summed E-state index contributed by atoms with van der Waals surface area (Å²) in [5, 5.41) is 13.2. The second-order valence-corrected chi connectivity index (χ2v) is 10.6. The Kier molecular flexibility index (Phi) is 9.26. The third-order valence-electron chi connectivity index (χ3n) is 6.49. The van der Waals surface area contributed by atoms with Crippen LogP contribution in [0.5, 0.6) is 0 Å². The van der Waals surface area contributed by atoms with Crippen molar-refractivity contribution in [1.82, 2.24) is 15.1 Å². The van der Waals surface area contributed by atoms with Gasteiger partial charge in [0.2, 0.25) is 16.9 Å². The van der Waals surface area contributed by atoms with Crippen LogP contribution in [-0.4, -0.2) is 59.8 Å². The van der Waals surface area contributed by atoms with Crippen LogP contribution in [0.2, 0.25) is 5.02 Å². The number of anilines is 2. The maximum absolute atomic E-state index is 12.9. The van der Waals surface area contributed by atoms with Crippen LogP contribution < -0.4 is 10.2 Å². The van der Waals surface area contributed by atoms with Crippen LogP contribution >= 0.6 is 22.9 Å². The third kappa shape index (κ3) is 7.13. The lowest BCUT2D eigenvalue weighted by molar-refractivity contribution is -0.122. The Morgan fingerprint density at radius 3 is 2.46 bits per heavy atom. The van der Waals surface area contributed by atoms with Gasteiger partial charge in [0.05, 0.1) is 19.1 Å². The van der Waals surface area contributed by atoms with Gasteiger partial charge in [0.15, 0.2) is 0 Å². The van der Waals surface area contributed by atoms with Gasteiger partial charge in [0, 0.05) is 49.7 Å². The van der Waals surface area contributed by atoms with E-state index < -0.39 is 5.92 Å². The van der Waals surface area contributed by atoms with Gasteiger partial charge in [-0.1, -0.05) is 54.6 Å². The molecule has 2 saturated heterocycles. The van der Waals surface area contributed by atoms with Crippen LogP contribution in [0.3, 0.4) is 0 Å². The number of nitrogens with one attached hydrogen (secondary N) is 1. The van der Waals surface area contributed by atoms with E-state index in [1.807, 2.05) is 36.4 Å². The van der Waals surface area contributed by atoms with Crippen LogP contribution in [-0.2, 0) is 33.7 Å². The highest BCUT2D eigenvalue weighted by Crippen LogP contribution is 2.27. The molecule has 2 amide bonds. The Morgan fingerprint density at radius 1 is 1.03 bits per heavy atom. The molecule has 0 spiro atoms. The minimum Gasteiger partial charge on any atom is -0.379 e. The van der Waals surface area contributed by atoms with Crippen molar-refractivity contribution in [1.29, 1.82) is 0 Å². The van der Waals surface area contributed by atoms with Gasteiger partial charge in [0.1, 0.15) is 5.01 Å². The number of hydrogen-bond acceptors (Lipinski definition) is 7. The predicted molar refractivity (Wildman–Crippen MR) is 147 cm³/mol. The zero-order valence-corrected chi connectivity index (χ0v) is 21.4. The number of ether oxygens (including phenoxy) is 1. The molecule has 2 aromatic carbocycles. The number of morpholine rings is 1. The van der Waals surface area contributed by atoms with Crippen molar-refractivity contribution in [3.8, 4) is 0 Å². The molecule has 0 aliphatic carbocycles. The molecule has 1 atom stereocenters. The van der Waals surface area contributed by atoms with Crippen LogP contribution in [0.15, 0.2) is 48.5 Å². The molecule has 8 nitrogen and oxygen atoms in total. The van der Waals surface area contributed by atoms with Gasteiger partial charge in [-0.2, -0.15) is 0 Å². The van der Waals surface area contributed by atoms with E-state index in [4.69, 9.17) is 16.3 Å². The molecule has 3 aromatic rings. The van der Waals surface area contributed by atoms with E-state index in [0.717, 1.165) is 56.4 Å². The number of rotatable bonds is 8. The van der Waals surface area contributed by atoms with E-state index in [1.165, 1.54) is 22.5 Å². The summed E-state index contributed by atoms with van der Waals surface area (Å²) in [7, 11) is 0. The molecule has 10 heteroatoms. The van der Waals surface area contributed by atoms with Crippen LogP contribution in [0.1, 0.15) is 30.0 Å². The van der Waals surface area contributed by atoms with Gasteiger partial charge in [-0.25, -0.2) is 0 Å². The van der Waals surface area contributed by atoms with Crippen LogP contribution in [0.4, 0.5) is 10.8 Å². The predicted octanol–water partition coefficient (Wildman–Crippen LogP) is 4.44. The molecule has 1 aromatic heterocycles. The van der Waals surface area contributed by atoms with Crippen molar-refractivity contribution in [2.24, 2.45) is 5.92 Å². The molecule has 0 radical (unpaired) electrons. The lowest BCUT2D eigenvalue weighted by Crippen LogP contribution is -2.35. The summed E-state index contributed by atoms with van der Waals surface area (Å²) >= 11 is 7.30. The number of nitrogens with zero attached hydrogens (tertiary/aromatic N) is 4. The van der Waals surface area contributed by atoms with Crippen molar-refractivity contribution >= 4 is 45.6 Å². The first-order valence-electron chi connectivity index (χ1n) is 12.1. The number of aryl methyl sites for hydroxylation is 2. The maximum Gasteiger partial charge on any atom is 0.231 e. The number of amides is 2. The van der Waals surface area contributed by atoms with Crippen molar-refractivity contribution in [3.63, 3.8) is 0 Å². The van der Waals surface area contributed by atoms with E-state index in [9.17, 15) is 9.59 Å². The van der Waals surface area contributed by atoms with Gasteiger partial charge in [-0.05, 0) is 41.8 Å². The lowest BCUT2D eigenvalue weighted by Gasteiger charge is -2.26. The van der Waals surface area contributed by atoms with Crippen molar-refractivity contribution in [2.45, 2.75) is 33.2 Å². The van der Waals surface area contributed by atoms with E-state index in [2.05, 4.69) is 32.5 Å². The molecule has 0 unspecified atom stereocenters. The second kappa shape index (κ2) is 12.6. The third-order valence-corrected chi connectivity index (χ3v) is 7.64. The minimum absolute atomic E-state index is 0. The molecular weight excluding hydrogens is 510 g/mol. The zero-order chi connectivity index (χ0) is 24.9. The summed E-state index contributed by atoms with van der Waals surface area (Å²) in [5.41, 5.74) is 3.19. The number of aromatic nitrogens is 2. The average Bonchev–Trinajstić information content (AvgIpc) is 3.51. The van der Waals surface area contributed by atoms with E-state index in [0.29, 0.717) is 16.7 Å². The van der Waals surface area contributed by atoms with Gasteiger partial charge in [-0.3, -0.25) is 14.5 Å². The van der Waals surface area contributed by atoms with Crippen LogP contribution in [0.25, 0.3) is 0 Å². The number of hydrogen-bond donors (Lipinski definition) is 1. The standard InChI is InChI=1S/C26H28ClN5O3S.CH4/c27-21-6-1-18(2-7-21)5-10-23-29-30-26(36-23)28-25(34)20-15-24(33)32(17-20)22-8-3-19(4-9-22)16-31-11-13-35-14-12-31;/h1-4,6-9,20H,5,10-17H2,(H,28,30,34);1H4/t20-;/m0./s1.